The van der Waals surface area contributed by atoms with Crippen molar-refractivity contribution in [1.29, 1.82) is 0 Å². The highest BCUT2D eigenvalue weighted by atomic mass is 16.1. The molecule has 0 aromatic heterocycles. The smallest absolute Gasteiger partial charge is 0.217 e. The monoisotopic (exact) mass is 705 g/mol. The number of primary amides is 2. The number of hydrogen-bond acceptors (Lipinski definition) is 2. The van der Waals surface area contributed by atoms with Gasteiger partial charge in [0.15, 0.2) is 0 Å². The van der Waals surface area contributed by atoms with E-state index < -0.39 is 0 Å². The molecule has 0 fully saturated rings. The molecule has 0 aromatic rings. The van der Waals surface area contributed by atoms with Crippen LogP contribution in [-0.2, 0) is 9.59 Å². The zero-order chi connectivity index (χ0) is 36.3. The molecule has 0 saturated heterocycles. The number of nitrogens with two attached hydrogens (primary N) is 2. The molecule has 298 valence electrons. The first-order chi connectivity index (χ1) is 24.6. The minimum absolute atomic E-state index is 0.150. The Morgan fingerprint density at radius 3 is 0.340 bits per heavy atom. The van der Waals surface area contributed by atoms with Gasteiger partial charge in [-0.15, -0.1) is 0 Å². The molecule has 0 aromatic carbocycles. The molecule has 0 aliphatic carbocycles. The molecule has 0 unspecified atom stereocenters. The maximum absolute atomic E-state index is 10.7. The fraction of sp³-hybridized carbons (Fsp3) is 0.957. The Kier molecular flexibility index (Phi) is 43.2. The Morgan fingerprint density at radius 1 is 0.180 bits per heavy atom. The minimum Gasteiger partial charge on any atom is -0.370 e. The van der Waals surface area contributed by atoms with E-state index in [1.54, 1.807) is 0 Å². The van der Waals surface area contributed by atoms with Crippen molar-refractivity contribution in [2.75, 3.05) is 0 Å². The van der Waals surface area contributed by atoms with Crippen molar-refractivity contribution < 1.29 is 9.59 Å². The molecule has 0 aliphatic rings. The van der Waals surface area contributed by atoms with E-state index in [1.807, 2.05) is 0 Å². The van der Waals surface area contributed by atoms with Gasteiger partial charge in [-0.05, 0) is 12.8 Å². The van der Waals surface area contributed by atoms with Crippen LogP contribution < -0.4 is 11.5 Å². The van der Waals surface area contributed by atoms with E-state index >= 15 is 0 Å². The van der Waals surface area contributed by atoms with E-state index in [-0.39, 0.29) is 11.8 Å². The fourth-order valence-corrected chi connectivity index (χ4v) is 7.67. The maximum Gasteiger partial charge on any atom is 0.217 e. The summed E-state index contributed by atoms with van der Waals surface area (Å²) in [6.45, 7) is 0. The Morgan fingerprint density at radius 2 is 0.260 bits per heavy atom. The predicted octanol–water partition coefficient (Wildman–Crippen LogP) is 15.1. The van der Waals surface area contributed by atoms with Crippen molar-refractivity contribution in [2.45, 2.75) is 283 Å². The van der Waals surface area contributed by atoms with Gasteiger partial charge in [0.25, 0.3) is 0 Å². The summed E-state index contributed by atoms with van der Waals surface area (Å²) in [7, 11) is 0. The van der Waals surface area contributed by atoms with Gasteiger partial charge < -0.3 is 11.5 Å². The van der Waals surface area contributed by atoms with Gasteiger partial charge in [-0.2, -0.15) is 0 Å². The summed E-state index contributed by atoms with van der Waals surface area (Å²) in [4.78, 5) is 21.4. The number of rotatable bonds is 45. The van der Waals surface area contributed by atoms with Crippen molar-refractivity contribution in [3.8, 4) is 0 Å². The number of unbranched alkanes of at least 4 members (excludes halogenated alkanes) is 41. The van der Waals surface area contributed by atoms with E-state index in [9.17, 15) is 9.59 Å². The van der Waals surface area contributed by atoms with Gasteiger partial charge in [0, 0.05) is 12.8 Å². The molecule has 2 amide bonds. The van der Waals surface area contributed by atoms with Gasteiger partial charge in [-0.25, -0.2) is 0 Å². The van der Waals surface area contributed by atoms with Crippen LogP contribution in [0.2, 0.25) is 0 Å². The Bertz CT molecular complexity index is 611. The molecule has 4 N–H and O–H groups in total. The van der Waals surface area contributed by atoms with Crippen molar-refractivity contribution in [2.24, 2.45) is 11.5 Å². The normalized spacial score (nSPS) is 11.4. The average Bonchev–Trinajstić information content (AvgIpc) is 3.10. The summed E-state index contributed by atoms with van der Waals surface area (Å²) in [6.07, 6.45) is 59.8. The number of carbonyl (C=O) groups is 2. The van der Waals surface area contributed by atoms with E-state index in [0.717, 1.165) is 12.8 Å². The summed E-state index contributed by atoms with van der Waals surface area (Å²) in [5.41, 5.74) is 10.4. The van der Waals surface area contributed by atoms with Crippen LogP contribution in [0, 0.1) is 0 Å². The van der Waals surface area contributed by atoms with E-state index in [4.69, 9.17) is 11.5 Å². The Labute approximate surface area is 314 Å². The van der Waals surface area contributed by atoms with Gasteiger partial charge >= 0.3 is 0 Å². The molecule has 0 atom stereocenters. The first kappa shape index (κ1) is 48.9. The van der Waals surface area contributed by atoms with Crippen LogP contribution in [-0.4, -0.2) is 11.8 Å². The highest BCUT2D eigenvalue weighted by Crippen LogP contribution is 2.18. The minimum atomic E-state index is -0.150. The van der Waals surface area contributed by atoms with Crippen LogP contribution in [0.15, 0.2) is 0 Å². The molecular formula is C46H92N2O2. The summed E-state index contributed by atoms with van der Waals surface area (Å²) in [5, 5.41) is 0. The third-order valence-electron chi connectivity index (χ3n) is 11.1. The van der Waals surface area contributed by atoms with Crippen molar-refractivity contribution in [3.05, 3.63) is 0 Å². The van der Waals surface area contributed by atoms with E-state index in [0.29, 0.717) is 12.8 Å². The van der Waals surface area contributed by atoms with Crippen molar-refractivity contribution in [1.82, 2.24) is 0 Å². The van der Waals surface area contributed by atoms with E-state index in [1.165, 1.54) is 257 Å². The van der Waals surface area contributed by atoms with Crippen LogP contribution in [0.5, 0.6) is 0 Å². The molecular weight excluding hydrogens is 613 g/mol. The second-order valence-corrected chi connectivity index (χ2v) is 16.3. The zero-order valence-corrected chi connectivity index (χ0v) is 34.1. The molecule has 0 radical (unpaired) electrons. The summed E-state index contributed by atoms with van der Waals surface area (Å²) in [5.74, 6) is -0.299. The second kappa shape index (κ2) is 44.1. The lowest BCUT2D eigenvalue weighted by molar-refractivity contribution is -0.119. The topological polar surface area (TPSA) is 86.2 Å². The summed E-state index contributed by atoms with van der Waals surface area (Å²) >= 11 is 0. The highest BCUT2D eigenvalue weighted by molar-refractivity contribution is 5.73. The van der Waals surface area contributed by atoms with Crippen molar-refractivity contribution >= 4 is 11.8 Å². The molecule has 0 spiro atoms. The molecule has 0 bridgehead atoms. The standard InChI is InChI=1S/C46H92N2O2/c47-45(49)43-41-39-37-35-33-31-29-27-25-23-21-19-17-15-13-11-9-7-5-3-1-2-4-6-8-10-12-14-16-18-20-22-24-26-28-30-32-34-36-38-40-42-44-46(48)50/h1-44H2,(H2,47,49)(H2,48,50). The van der Waals surface area contributed by atoms with Gasteiger partial charge in [-0.3, -0.25) is 9.59 Å². The third kappa shape index (κ3) is 46.9. The second-order valence-electron chi connectivity index (χ2n) is 16.3. The average molecular weight is 705 g/mol. The third-order valence-corrected chi connectivity index (χ3v) is 11.1. The SMILES string of the molecule is NC(=O)CCCCCCCCCCCCCCCCCCCCCCCCCCCCCCCCCCCCCCCCCCCCC(N)=O. The van der Waals surface area contributed by atoms with Crippen LogP contribution in [0.25, 0.3) is 0 Å². The van der Waals surface area contributed by atoms with Crippen LogP contribution in [0.1, 0.15) is 283 Å². The number of carbonyl (C=O) groups excluding carboxylic acids is 2. The maximum atomic E-state index is 10.7. The molecule has 4 heteroatoms. The molecule has 0 heterocycles. The first-order valence-electron chi connectivity index (χ1n) is 23.2. The molecule has 0 rings (SSSR count). The molecule has 50 heavy (non-hydrogen) atoms. The number of hydrogen-bond donors (Lipinski definition) is 2. The van der Waals surface area contributed by atoms with E-state index in [2.05, 4.69) is 0 Å². The van der Waals surface area contributed by atoms with Gasteiger partial charge in [0.05, 0.1) is 0 Å². The van der Waals surface area contributed by atoms with Crippen molar-refractivity contribution in [3.63, 3.8) is 0 Å². The lowest BCUT2D eigenvalue weighted by Gasteiger charge is -2.05. The highest BCUT2D eigenvalue weighted by Gasteiger charge is 1.99. The largest absolute Gasteiger partial charge is 0.370 e. The predicted molar refractivity (Wildman–Crippen MR) is 222 cm³/mol. The summed E-state index contributed by atoms with van der Waals surface area (Å²) < 4.78 is 0. The quantitative estimate of drug-likeness (QED) is 0.0618. The zero-order valence-electron chi connectivity index (χ0n) is 34.1. The van der Waals surface area contributed by atoms with Crippen LogP contribution in [0.3, 0.4) is 0 Å². The lowest BCUT2D eigenvalue weighted by atomic mass is 10.0. The van der Waals surface area contributed by atoms with Gasteiger partial charge in [0.2, 0.25) is 11.8 Å². The Balaban J connectivity index is 3.06. The number of amides is 2. The fourth-order valence-electron chi connectivity index (χ4n) is 7.67. The first-order valence-corrected chi connectivity index (χ1v) is 23.2. The molecule has 4 nitrogen and oxygen atoms in total. The van der Waals surface area contributed by atoms with Gasteiger partial charge in [0.1, 0.15) is 0 Å². The van der Waals surface area contributed by atoms with Crippen LogP contribution >= 0.6 is 0 Å². The molecule has 0 aliphatic heterocycles. The summed E-state index contributed by atoms with van der Waals surface area (Å²) in [6, 6.07) is 0. The lowest BCUT2D eigenvalue weighted by Crippen LogP contribution is -2.09. The van der Waals surface area contributed by atoms with Crippen LogP contribution in [0.4, 0.5) is 0 Å². The Hall–Kier alpha value is -1.06. The van der Waals surface area contributed by atoms with Gasteiger partial charge in [-0.1, -0.05) is 257 Å². The molecule has 0 saturated carbocycles.